The Morgan fingerprint density at radius 2 is 1.92 bits per heavy atom. The Hall–Kier alpha value is -1.79. The Morgan fingerprint density at radius 1 is 1.20 bits per heavy atom. The first-order chi connectivity index (χ1) is 12.0. The molecule has 0 bridgehead atoms. The van der Waals surface area contributed by atoms with Crippen molar-refractivity contribution >= 4 is 33.1 Å². The molecule has 1 aromatic carbocycles. The molecule has 5 nitrogen and oxygen atoms in total. The van der Waals surface area contributed by atoms with E-state index in [9.17, 15) is 0 Å². The predicted molar refractivity (Wildman–Crippen MR) is 105 cm³/mol. The number of aromatic nitrogens is 1. The van der Waals surface area contributed by atoms with Gasteiger partial charge in [-0.25, -0.2) is 4.98 Å². The van der Waals surface area contributed by atoms with Gasteiger partial charge in [0.15, 0.2) is 0 Å². The third kappa shape index (κ3) is 3.75. The Kier molecular flexibility index (Phi) is 5.49. The number of hydrogen-bond donors (Lipinski definition) is 1. The number of hydrogen-bond acceptors (Lipinski definition) is 5. The van der Waals surface area contributed by atoms with Crippen molar-refractivity contribution in [3.8, 4) is 5.75 Å². The number of pyridine rings is 1. The van der Waals surface area contributed by atoms with Gasteiger partial charge in [0.25, 0.3) is 0 Å². The molecular formula is C19H24BrN3O2. The number of anilines is 3. The van der Waals surface area contributed by atoms with Crippen LogP contribution in [0.4, 0.5) is 17.2 Å². The van der Waals surface area contributed by atoms with E-state index in [0.717, 1.165) is 70.5 Å². The first-order valence-electron chi connectivity index (χ1n) is 8.42. The maximum Gasteiger partial charge on any atom is 0.145 e. The lowest BCUT2D eigenvalue weighted by Gasteiger charge is -2.30. The van der Waals surface area contributed by atoms with Crippen LogP contribution < -0.4 is 15.0 Å². The zero-order chi connectivity index (χ0) is 18.0. The first-order valence-corrected chi connectivity index (χ1v) is 9.21. The summed E-state index contributed by atoms with van der Waals surface area (Å²) in [7, 11) is 1.69. The van der Waals surface area contributed by atoms with Gasteiger partial charge in [0.05, 0.1) is 36.2 Å². The fourth-order valence-electron chi connectivity index (χ4n) is 3.14. The minimum Gasteiger partial charge on any atom is -0.496 e. The minimum absolute atomic E-state index is 0.763. The second kappa shape index (κ2) is 7.62. The predicted octanol–water partition coefficient (Wildman–Crippen LogP) is 4.36. The number of halogens is 1. The van der Waals surface area contributed by atoms with Crippen molar-refractivity contribution in [2.75, 3.05) is 43.6 Å². The molecule has 0 radical (unpaired) electrons. The van der Waals surface area contributed by atoms with Gasteiger partial charge in [0.1, 0.15) is 11.6 Å². The number of aryl methyl sites for hydroxylation is 2. The van der Waals surface area contributed by atoms with Crippen LogP contribution >= 0.6 is 15.9 Å². The minimum atomic E-state index is 0.763. The van der Waals surface area contributed by atoms with Gasteiger partial charge in [-0.05, 0) is 54.4 Å². The van der Waals surface area contributed by atoms with Crippen LogP contribution in [0, 0.1) is 20.8 Å². The molecule has 134 valence electrons. The van der Waals surface area contributed by atoms with Crippen LogP contribution in [-0.2, 0) is 4.74 Å². The Bertz CT molecular complexity index is 774. The molecule has 0 unspecified atom stereocenters. The van der Waals surface area contributed by atoms with Crippen molar-refractivity contribution in [3.63, 3.8) is 0 Å². The lowest BCUT2D eigenvalue weighted by atomic mass is 10.1. The van der Waals surface area contributed by atoms with E-state index in [1.165, 1.54) is 0 Å². The van der Waals surface area contributed by atoms with E-state index in [2.05, 4.69) is 52.1 Å². The van der Waals surface area contributed by atoms with Crippen molar-refractivity contribution in [1.82, 2.24) is 4.98 Å². The lowest BCUT2D eigenvalue weighted by molar-refractivity contribution is 0.122. The number of benzene rings is 1. The summed E-state index contributed by atoms with van der Waals surface area (Å²) >= 11 is 3.68. The van der Waals surface area contributed by atoms with Crippen LogP contribution in [0.15, 0.2) is 22.7 Å². The number of nitrogens with one attached hydrogen (secondary N) is 1. The van der Waals surface area contributed by atoms with Gasteiger partial charge in [-0.2, -0.15) is 0 Å². The second-order valence-corrected chi connectivity index (χ2v) is 7.09. The number of rotatable bonds is 4. The quantitative estimate of drug-likeness (QED) is 0.818. The highest BCUT2D eigenvalue weighted by molar-refractivity contribution is 9.10. The van der Waals surface area contributed by atoms with Gasteiger partial charge < -0.3 is 19.7 Å². The van der Waals surface area contributed by atoms with Crippen LogP contribution in [0.3, 0.4) is 0 Å². The van der Waals surface area contributed by atoms with E-state index in [-0.39, 0.29) is 0 Å². The van der Waals surface area contributed by atoms with Crippen LogP contribution in [0.25, 0.3) is 0 Å². The van der Waals surface area contributed by atoms with Gasteiger partial charge in [0.2, 0.25) is 0 Å². The van der Waals surface area contributed by atoms with Crippen molar-refractivity contribution in [2.45, 2.75) is 20.8 Å². The second-order valence-electron chi connectivity index (χ2n) is 6.23. The summed E-state index contributed by atoms with van der Waals surface area (Å²) in [6.45, 7) is 9.51. The molecule has 3 rings (SSSR count). The highest BCUT2D eigenvalue weighted by Crippen LogP contribution is 2.35. The molecule has 1 saturated heterocycles. The molecular weight excluding hydrogens is 382 g/mol. The molecule has 2 aromatic rings. The third-order valence-corrected chi connectivity index (χ3v) is 5.18. The number of ether oxygens (including phenoxy) is 2. The average molecular weight is 406 g/mol. The number of methoxy groups -OCH3 is 1. The molecule has 0 aliphatic carbocycles. The standard InChI is InChI=1S/C19H24BrN3O2/c1-12-5-6-17(24-4)13(2)18(12)22-19-15(20)11-16(14(3)21-19)23-7-9-25-10-8-23/h5-6,11H,7-10H2,1-4H3,(H,21,22). The summed E-state index contributed by atoms with van der Waals surface area (Å²) in [5.74, 6) is 1.68. The van der Waals surface area contributed by atoms with Crippen molar-refractivity contribution in [2.24, 2.45) is 0 Å². The normalized spacial score (nSPS) is 14.5. The molecule has 1 N–H and O–H groups in total. The van der Waals surface area contributed by atoms with E-state index in [4.69, 9.17) is 14.5 Å². The highest BCUT2D eigenvalue weighted by Gasteiger charge is 2.17. The van der Waals surface area contributed by atoms with Crippen LogP contribution in [-0.4, -0.2) is 38.4 Å². The summed E-state index contributed by atoms with van der Waals surface area (Å²) in [6.07, 6.45) is 0. The monoisotopic (exact) mass is 405 g/mol. The molecule has 25 heavy (non-hydrogen) atoms. The fraction of sp³-hybridized carbons (Fsp3) is 0.421. The van der Waals surface area contributed by atoms with Gasteiger partial charge in [-0.3, -0.25) is 0 Å². The van der Waals surface area contributed by atoms with Gasteiger partial charge >= 0.3 is 0 Å². The van der Waals surface area contributed by atoms with Crippen LogP contribution in [0.1, 0.15) is 16.8 Å². The molecule has 0 saturated carbocycles. The lowest BCUT2D eigenvalue weighted by Crippen LogP contribution is -2.36. The van der Waals surface area contributed by atoms with Gasteiger partial charge in [0, 0.05) is 24.3 Å². The van der Waals surface area contributed by atoms with E-state index in [0.29, 0.717) is 0 Å². The zero-order valence-electron chi connectivity index (χ0n) is 15.1. The molecule has 0 amide bonds. The maximum absolute atomic E-state index is 5.44. The largest absolute Gasteiger partial charge is 0.496 e. The maximum atomic E-state index is 5.44. The zero-order valence-corrected chi connectivity index (χ0v) is 16.7. The Balaban J connectivity index is 1.93. The summed E-state index contributed by atoms with van der Waals surface area (Å²) in [4.78, 5) is 7.12. The van der Waals surface area contributed by atoms with Gasteiger partial charge in [-0.15, -0.1) is 0 Å². The van der Waals surface area contributed by atoms with E-state index in [1.807, 2.05) is 13.0 Å². The molecule has 0 spiro atoms. The fourth-order valence-corrected chi connectivity index (χ4v) is 3.55. The summed E-state index contributed by atoms with van der Waals surface area (Å²) in [5, 5.41) is 3.47. The van der Waals surface area contributed by atoms with Crippen LogP contribution in [0.2, 0.25) is 0 Å². The van der Waals surface area contributed by atoms with Crippen molar-refractivity contribution in [1.29, 1.82) is 0 Å². The molecule has 6 heteroatoms. The third-order valence-electron chi connectivity index (χ3n) is 4.58. The number of morpholine rings is 1. The van der Waals surface area contributed by atoms with Gasteiger partial charge in [-0.1, -0.05) is 6.07 Å². The SMILES string of the molecule is COc1ccc(C)c(Nc2nc(C)c(N3CCOCC3)cc2Br)c1C. The molecule has 1 aliphatic heterocycles. The topological polar surface area (TPSA) is 46.6 Å². The molecule has 0 atom stereocenters. The number of nitrogens with zero attached hydrogens (tertiary/aromatic N) is 2. The first kappa shape index (κ1) is 18.0. The highest BCUT2D eigenvalue weighted by atomic mass is 79.9. The summed E-state index contributed by atoms with van der Waals surface area (Å²) < 4.78 is 11.8. The van der Waals surface area contributed by atoms with Crippen molar-refractivity contribution < 1.29 is 9.47 Å². The summed E-state index contributed by atoms with van der Waals surface area (Å²) in [5.41, 5.74) is 5.42. The van der Waals surface area contributed by atoms with Crippen molar-refractivity contribution in [3.05, 3.63) is 39.5 Å². The molecule has 1 fully saturated rings. The van der Waals surface area contributed by atoms with E-state index >= 15 is 0 Å². The Morgan fingerprint density at radius 3 is 2.60 bits per heavy atom. The summed E-state index contributed by atoms with van der Waals surface area (Å²) in [6, 6.07) is 6.18. The average Bonchev–Trinajstić information content (AvgIpc) is 2.62. The van der Waals surface area contributed by atoms with Crippen LogP contribution in [0.5, 0.6) is 5.75 Å². The van der Waals surface area contributed by atoms with E-state index < -0.39 is 0 Å². The molecule has 1 aromatic heterocycles. The molecule has 1 aliphatic rings. The molecule has 2 heterocycles. The van der Waals surface area contributed by atoms with E-state index in [1.54, 1.807) is 7.11 Å². The smallest absolute Gasteiger partial charge is 0.145 e. The Labute approximate surface area is 157 Å².